The molecule has 0 bridgehead atoms. The normalized spacial score (nSPS) is 16.1. The highest BCUT2D eigenvalue weighted by Gasteiger charge is 2.37. The summed E-state index contributed by atoms with van der Waals surface area (Å²) in [7, 11) is 0. The number of hydrogen-bond donors (Lipinski definition) is 0. The second-order valence-electron chi connectivity index (χ2n) is 7.07. The topological polar surface area (TPSA) is 76.8 Å². The first kappa shape index (κ1) is 20.2. The van der Waals surface area contributed by atoms with E-state index in [0.717, 1.165) is 22.2 Å². The monoisotopic (exact) mass is 419 g/mol. The first-order valence-corrected chi connectivity index (χ1v) is 9.65. The molecular weight excluding hydrogens is 402 g/mol. The third-order valence-corrected chi connectivity index (χ3v) is 4.73. The zero-order chi connectivity index (χ0) is 20.5. The number of amides is 2. The molecule has 0 saturated carbocycles. The fraction of sp³-hybridized carbons (Fsp3) is 0.250. The van der Waals surface area contributed by atoms with Gasteiger partial charge >= 0.3 is 5.97 Å². The van der Waals surface area contributed by atoms with Gasteiger partial charge in [0.15, 0.2) is 0 Å². The van der Waals surface area contributed by atoms with Gasteiger partial charge < -0.3 is 9.15 Å². The molecule has 1 aliphatic heterocycles. The van der Waals surface area contributed by atoms with Gasteiger partial charge in [0.25, 0.3) is 11.1 Å². The number of halogens is 1. The smallest absolute Gasteiger partial charge is 0.326 e. The summed E-state index contributed by atoms with van der Waals surface area (Å²) in [6.07, 6.45) is 1.48. The fourth-order valence-electron chi connectivity index (χ4n) is 2.50. The van der Waals surface area contributed by atoms with E-state index in [4.69, 9.17) is 20.8 Å². The molecule has 6 nitrogen and oxygen atoms in total. The number of carbonyl (C=O) groups excluding carboxylic acids is 3. The predicted octanol–water partition coefficient (Wildman–Crippen LogP) is 4.98. The number of benzene rings is 1. The van der Waals surface area contributed by atoms with Gasteiger partial charge in [-0.1, -0.05) is 23.7 Å². The maximum atomic E-state index is 12.5. The molecule has 146 valence electrons. The molecule has 3 rings (SSSR count). The van der Waals surface area contributed by atoms with Crippen LogP contribution in [0.15, 0.2) is 45.7 Å². The zero-order valence-corrected chi connectivity index (χ0v) is 17.1. The van der Waals surface area contributed by atoms with E-state index in [0.29, 0.717) is 16.5 Å². The molecule has 1 saturated heterocycles. The van der Waals surface area contributed by atoms with Crippen molar-refractivity contribution in [1.29, 1.82) is 0 Å². The SMILES string of the molecule is CC(C)(C)OC(=O)CN1C(=O)SC(=Cc2ccc(-c3cccc(Cl)c3)o2)C1=O. The first-order valence-electron chi connectivity index (χ1n) is 8.45. The van der Waals surface area contributed by atoms with E-state index in [9.17, 15) is 14.4 Å². The van der Waals surface area contributed by atoms with Crippen LogP contribution in [-0.2, 0) is 14.3 Å². The number of thioether (sulfide) groups is 1. The van der Waals surface area contributed by atoms with Crippen molar-refractivity contribution in [2.75, 3.05) is 6.54 Å². The van der Waals surface area contributed by atoms with Crippen LogP contribution in [0.4, 0.5) is 4.79 Å². The van der Waals surface area contributed by atoms with Crippen molar-refractivity contribution >= 4 is 46.6 Å². The molecule has 1 aromatic carbocycles. The molecule has 0 unspecified atom stereocenters. The van der Waals surface area contributed by atoms with Crippen LogP contribution in [0.2, 0.25) is 5.02 Å². The number of imide groups is 1. The molecule has 1 fully saturated rings. The minimum absolute atomic E-state index is 0.181. The number of carbonyl (C=O) groups is 3. The Morgan fingerprint density at radius 2 is 2.00 bits per heavy atom. The largest absolute Gasteiger partial charge is 0.459 e. The summed E-state index contributed by atoms with van der Waals surface area (Å²) in [5.74, 6) is -0.196. The third-order valence-electron chi connectivity index (χ3n) is 3.59. The summed E-state index contributed by atoms with van der Waals surface area (Å²) in [4.78, 5) is 37.6. The van der Waals surface area contributed by atoms with E-state index in [1.807, 2.05) is 12.1 Å². The Hall–Kier alpha value is -2.51. The van der Waals surface area contributed by atoms with Crippen LogP contribution in [-0.4, -0.2) is 34.2 Å². The Morgan fingerprint density at radius 1 is 1.25 bits per heavy atom. The maximum Gasteiger partial charge on any atom is 0.326 e. The Balaban J connectivity index is 1.74. The van der Waals surface area contributed by atoms with Gasteiger partial charge in [0.05, 0.1) is 4.91 Å². The Labute approximate surface area is 171 Å². The lowest BCUT2D eigenvalue weighted by Gasteiger charge is -2.21. The summed E-state index contributed by atoms with van der Waals surface area (Å²) in [5, 5.41) is 0.0578. The average molecular weight is 420 g/mol. The van der Waals surface area contributed by atoms with Crippen molar-refractivity contribution in [1.82, 2.24) is 4.90 Å². The molecule has 8 heteroatoms. The van der Waals surface area contributed by atoms with Crippen LogP contribution in [0.1, 0.15) is 26.5 Å². The van der Waals surface area contributed by atoms with Gasteiger partial charge in [-0.25, -0.2) is 0 Å². The van der Waals surface area contributed by atoms with Crippen LogP contribution in [0.25, 0.3) is 17.4 Å². The molecule has 2 aromatic rings. The second-order valence-corrected chi connectivity index (χ2v) is 8.50. The maximum absolute atomic E-state index is 12.5. The summed E-state index contributed by atoms with van der Waals surface area (Å²) in [6.45, 7) is 4.72. The van der Waals surface area contributed by atoms with Gasteiger partial charge in [0.1, 0.15) is 23.7 Å². The number of hydrogen-bond acceptors (Lipinski definition) is 6. The quantitative estimate of drug-likeness (QED) is 0.514. The van der Waals surface area contributed by atoms with Crippen LogP contribution >= 0.6 is 23.4 Å². The number of furan rings is 1. The van der Waals surface area contributed by atoms with Crippen molar-refractivity contribution < 1.29 is 23.5 Å². The predicted molar refractivity (Wildman–Crippen MR) is 108 cm³/mol. The lowest BCUT2D eigenvalue weighted by molar-refractivity contribution is -0.156. The highest BCUT2D eigenvalue weighted by atomic mass is 35.5. The molecule has 0 N–H and O–H groups in total. The van der Waals surface area contributed by atoms with Gasteiger partial charge in [-0.15, -0.1) is 0 Å². The van der Waals surface area contributed by atoms with E-state index in [-0.39, 0.29) is 4.91 Å². The Bertz CT molecular complexity index is 973. The molecule has 2 heterocycles. The van der Waals surface area contributed by atoms with Crippen LogP contribution in [0, 0.1) is 0 Å². The van der Waals surface area contributed by atoms with Gasteiger partial charge in [-0.05, 0) is 56.8 Å². The van der Waals surface area contributed by atoms with E-state index in [1.165, 1.54) is 6.08 Å². The van der Waals surface area contributed by atoms with Crippen molar-refractivity contribution in [3.05, 3.63) is 52.1 Å². The van der Waals surface area contributed by atoms with Gasteiger partial charge in [0.2, 0.25) is 0 Å². The molecule has 1 aliphatic rings. The summed E-state index contributed by atoms with van der Waals surface area (Å²) in [5.41, 5.74) is 0.102. The summed E-state index contributed by atoms with van der Waals surface area (Å²) in [6, 6.07) is 10.6. The van der Waals surface area contributed by atoms with Gasteiger partial charge in [-0.3, -0.25) is 19.3 Å². The number of rotatable bonds is 4. The molecule has 1 aromatic heterocycles. The number of ether oxygens (including phenoxy) is 1. The molecule has 28 heavy (non-hydrogen) atoms. The van der Waals surface area contributed by atoms with Crippen molar-refractivity contribution in [3.63, 3.8) is 0 Å². The highest BCUT2D eigenvalue weighted by molar-refractivity contribution is 8.18. The van der Waals surface area contributed by atoms with E-state index in [2.05, 4.69) is 0 Å². The van der Waals surface area contributed by atoms with Crippen molar-refractivity contribution in [2.24, 2.45) is 0 Å². The molecular formula is C20H18ClNO5S. The fourth-order valence-corrected chi connectivity index (χ4v) is 3.50. The van der Waals surface area contributed by atoms with Crippen LogP contribution < -0.4 is 0 Å². The molecule has 0 radical (unpaired) electrons. The minimum Gasteiger partial charge on any atom is -0.459 e. The van der Waals surface area contributed by atoms with Crippen LogP contribution in [0.3, 0.4) is 0 Å². The third kappa shape index (κ3) is 4.85. The number of esters is 1. The zero-order valence-electron chi connectivity index (χ0n) is 15.5. The van der Waals surface area contributed by atoms with Gasteiger partial charge in [0, 0.05) is 16.7 Å². The highest BCUT2D eigenvalue weighted by Crippen LogP contribution is 2.33. The van der Waals surface area contributed by atoms with Gasteiger partial charge in [-0.2, -0.15) is 0 Å². The average Bonchev–Trinajstić information content (AvgIpc) is 3.14. The number of nitrogens with zero attached hydrogens (tertiary/aromatic N) is 1. The molecule has 0 spiro atoms. The summed E-state index contributed by atoms with van der Waals surface area (Å²) >= 11 is 6.74. The second kappa shape index (κ2) is 7.85. The lowest BCUT2D eigenvalue weighted by atomic mass is 10.2. The minimum atomic E-state index is -0.695. The molecule has 2 amide bonds. The Morgan fingerprint density at radius 3 is 2.68 bits per heavy atom. The summed E-state index contributed by atoms with van der Waals surface area (Å²) < 4.78 is 10.9. The first-order chi connectivity index (χ1) is 13.1. The molecule has 0 atom stereocenters. The Kier molecular flexibility index (Phi) is 5.67. The van der Waals surface area contributed by atoms with Crippen LogP contribution in [0.5, 0.6) is 0 Å². The lowest BCUT2D eigenvalue weighted by Crippen LogP contribution is -2.37. The standard InChI is InChI=1S/C20H18ClNO5S/c1-20(2,3)27-17(23)11-22-18(24)16(28-19(22)25)10-14-7-8-15(26-14)12-5-4-6-13(21)9-12/h4-10H,11H2,1-3H3. The van der Waals surface area contributed by atoms with Crippen molar-refractivity contribution in [3.8, 4) is 11.3 Å². The van der Waals surface area contributed by atoms with Crippen molar-refractivity contribution in [2.45, 2.75) is 26.4 Å². The van der Waals surface area contributed by atoms with E-state index >= 15 is 0 Å². The van der Waals surface area contributed by atoms with E-state index in [1.54, 1.807) is 45.0 Å². The molecule has 0 aliphatic carbocycles. The van der Waals surface area contributed by atoms with E-state index < -0.39 is 29.3 Å².